The van der Waals surface area contributed by atoms with Crippen molar-refractivity contribution in [1.82, 2.24) is 9.97 Å². The molecule has 1 aromatic carbocycles. The van der Waals surface area contributed by atoms with Gasteiger partial charge in [0.15, 0.2) is 0 Å². The number of aryl methyl sites for hydroxylation is 2. The number of carbonyl (C=O) groups excluding carboxylic acids is 1. The first-order chi connectivity index (χ1) is 11.7. The van der Waals surface area contributed by atoms with Crippen molar-refractivity contribution in [1.29, 1.82) is 0 Å². The number of ether oxygens (including phenoxy) is 1. The number of esters is 1. The zero-order chi connectivity index (χ0) is 18.6. The molecule has 0 radical (unpaired) electrons. The molecule has 1 N–H and O–H groups in total. The van der Waals surface area contributed by atoms with E-state index in [4.69, 9.17) is 0 Å². The maximum atomic E-state index is 12.3. The number of rotatable bonds is 4. The summed E-state index contributed by atoms with van der Waals surface area (Å²) in [6, 6.07) is 5.81. The summed E-state index contributed by atoms with van der Waals surface area (Å²) >= 11 is 0. The number of carbonyl (C=O) groups is 1. The second-order valence-corrected chi connectivity index (χ2v) is 6.53. The number of nitrogens with zero attached hydrogens (tertiary/aromatic N) is 3. The molecular formula is C15H15N4O5S-. The third kappa shape index (κ3) is 4.51. The lowest BCUT2D eigenvalue weighted by atomic mass is 10.2. The highest BCUT2D eigenvalue weighted by Crippen LogP contribution is 2.18. The first-order valence-electron chi connectivity index (χ1n) is 7.01. The Morgan fingerprint density at radius 2 is 1.80 bits per heavy atom. The molecule has 0 fully saturated rings. The van der Waals surface area contributed by atoms with Gasteiger partial charge in [-0.05, 0) is 32.0 Å². The number of benzene rings is 1. The Bertz CT molecular complexity index is 920. The molecule has 0 saturated carbocycles. The number of anilines is 1. The fourth-order valence-electron chi connectivity index (χ4n) is 2.03. The second-order valence-electron chi connectivity index (χ2n) is 4.96. The predicted molar refractivity (Wildman–Crippen MR) is 87.5 cm³/mol. The average molecular weight is 363 g/mol. The van der Waals surface area contributed by atoms with E-state index >= 15 is 0 Å². The first-order valence-corrected chi connectivity index (χ1v) is 8.45. The van der Waals surface area contributed by atoms with Crippen LogP contribution in [0.15, 0.2) is 39.6 Å². The predicted octanol–water partition coefficient (Wildman–Crippen LogP) is 0.397. The minimum atomic E-state index is -4.43. The number of amidine groups is 1. The van der Waals surface area contributed by atoms with Crippen LogP contribution in [0.5, 0.6) is 0 Å². The van der Waals surface area contributed by atoms with Crippen molar-refractivity contribution in [2.45, 2.75) is 18.7 Å². The molecule has 0 saturated heterocycles. The van der Waals surface area contributed by atoms with Gasteiger partial charge in [-0.2, -0.15) is 12.8 Å². The summed E-state index contributed by atoms with van der Waals surface area (Å²) in [6.45, 7) is 3.40. The van der Waals surface area contributed by atoms with E-state index in [1.54, 1.807) is 19.9 Å². The minimum Gasteiger partial charge on any atom is -0.845 e. The van der Waals surface area contributed by atoms with Crippen molar-refractivity contribution in [2.24, 2.45) is 4.40 Å². The standard InChI is InChI=1S/C15H16N4O5S/c1-9-8-10(2)17-14(16-9)18-15(21)19-25(22,23)12-7-5-4-6-11(12)13(20)24-3/h4-8H,1-3H3,(H2,16,17,18,19,21)/p-1. The topological polar surface area (TPSA) is 134 Å². The van der Waals surface area contributed by atoms with E-state index in [1.165, 1.54) is 18.2 Å². The van der Waals surface area contributed by atoms with Gasteiger partial charge in [0.1, 0.15) is 4.90 Å². The Hall–Kier alpha value is -3.01. The van der Waals surface area contributed by atoms with Gasteiger partial charge in [-0.3, -0.25) is 0 Å². The Labute approximate surface area is 144 Å². The van der Waals surface area contributed by atoms with Crippen LogP contribution < -0.4 is 10.4 Å². The largest absolute Gasteiger partial charge is 0.845 e. The zero-order valence-electron chi connectivity index (χ0n) is 13.7. The molecule has 0 aliphatic rings. The van der Waals surface area contributed by atoms with Gasteiger partial charge in [0, 0.05) is 11.4 Å². The lowest BCUT2D eigenvalue weighted by Crippen LogP contribution is -2.29. The molecular weight excluding hydrogens is 348 g/mol. The van der Waals surface area contributed by atoms with Gasteiger partial charge in [0.05, 0.1) is 18.7 Å². The van der Waals surface area contributed by atoms with E-state index in [0.29, 0.717) is 11.4 Å². The Balaban J connectivity index is 2.37. The van der Waals surface area contributed by atoms with Crippen molar-refractivity contribution in [3.8, 4) is 0 Å². The first kappa shape index (κ1) is 18.3. The van der Waals surface area contributed by atoms with E-state index in [0.717, 1.165) is 13.2 Å². The van der Waals surface area contributed by atoms with Gasteiger partial charge in [-0.15, -0.1) is 0 Å². The maximum absolute atomic E-state index is 12.3. The molecule has 25 heavy (non-hydrogen) atoms. The number of sulfonamides is 1. The van der Waals surface area contributed by atoms with E-state index in [2.05, 4.69) is 24.4 Å². The molecule has 1 aromatic heterocycles. The summed E-state index contributed by atoms with van der Waals surface area (Å²) in [5, 5.41) is 14.1. The zero-order valence-corrected chi connectivity index (χ0v) is 14.5. The summed E-state index contributed by atoms with van der Waals surface area (Å²) < 4.78 is 32.3. The molecule has 10 heteroatoms. The van der Waals surface area contributed by atoms with Crippen LogP contribution in [0.3, 0.4) is 0 Å². The van der Waals surface area contributed by atoms with E-state index in [9.17, 15) is 18.3 Å². The molecule has 0 unspecified atom stereocenters. The highest BCUT2D eigenvalue weighted by Gasteiger charge is 2.21. The molecule has 132 valence electrons. The third-order valence-electron chi connectivity index (χ3n) is 2.97. The fraction of sp³-hybridized carbons (Fsp3) is 0.200. The molecule has 2 rings (SSSR count). The van der Waals surface area contributed by atoms with Gasteiger partial charge in [0.25, 0.3) is 10.0 Å². The van der Waals surface area contributed by atoms with Crippen LogP contribution in [-0.2, 0) is 14.8 Å². The molecule has 2 aromatic rings. The van der Waals surface area contributed by atoms with Crippen LogP contribution in [0.4, 0.5) is 5.95 Å². The smallest absolute Gasteiger partial charge is 0.339 e. The van der Waals surface area contributed by atoms with Crippen molar-refractivity contribution in [3.05, 3.63) is 47.3 Å². The number of aromatic nitrogens is 2. The molecule has 1 heterocycles. The van der Waals surface area contributed by atoms with Crippen molar-refractivity contribution >= 4 is 28.0 Å². The highest BCUT2D eigenvalue weighted by molar-refractivity contribution is 7.90. The van der Waals surface area contributed by atoms with Gasteiger partial charge >= 0.3 is 5.97 Å². The van der Waals surface area contributed by atoms with Crippen molar-refractivity contribution < 1.29 is 23.1 Å². The lowest BCUT2D eigenvalue weighted by Gasteiger charge is -2.13. The van der Waals surface area contributed by atoms with Gasteiger partial charge in [-0.1, -0.05) is 12.1 Å². The number of nitrogens with one attached hydrogen (secondary N) is 1. The summed E-state index contributed by atoms with van der Waals surface area (Å²) in [7, 11) is -3.31. The molecule has 0 aliphatic heterocycles. The monoisotopic (exact) mass is 363 g/mol. The molecule has 0 atom stereocenters. The van der Waals surface area contributed by atoms with Crippen molar-refractivity contribution in [2.75, 3.05) is 12.4 Å². The number of hydrogen-bond donors (Lipinski definition) is 1. The average Bonchev–Trinajstić information content (AvgIpc) is 2.52. The Morgan fingerprint density at radius 3 is 2.40 bits per heavy atom. The van der Waals surface area contributed by atoms with Gasteiger partial charge in [-0.25, -0.2) is 14.8 Å². The van der Waals surface area contributed by atoms with Crippen LogP contribution in [0, 0.1) is 13.8 Å². The van der Waals surface area contributed by atoms with Crippen LogP contribution in [-0.4, -0.2) is 37.5 Å². The number of methoxy groups -OCH3 is 1. The van der Waals surface area contributed by atoms with Gasteiger partial charge in [0.2, 0.25) is 5.95 Å². The second kappa shape index (κ2) is 7.26. The van der Waals surface area contributed by atoms with Crippen LogP contribution in [0.2, 0.25) is 0 Å². The summed E-state index contributed by atoms with van der Waals surface area (Å²) in [5.41, 5.74) is 0.979. The third-order valence-corrected chi connectivity index (χ3v) is 4.29. The SMILES string of the molecule is COC(=O)c1ccccc1S(=O)(=O)/N=C(\[O-])Nc1nc(C)cc(C)n1. The van der Waals surface area contributed by atoms with Crippen LogP contribution >= 0.6 is 0 Å². The van der Waals surface area contributed by atoms with Crippen LogP contribution in [0.25, 0.3) is 0 Å². The van der Waals surface area contributed by atoms with E-state index < -0.39 is 26.9 Å². The Morgan fingerprint density at radius 1 is 1.20 bits per heavy atom. The van der Waals surface area contributed by atoms with E-state index in [-0.39, 0.29) is 11.5 Å². The Kier molecular flexibility index (Phi) is 5.32. The summed E-state index contributed by atoms with van der Waals surface area (Å²) in [4.78, 5) is 19.2. The normalized spacial score (nSPS) is 11.9. The number of hydrogen-bond acceptors (Lipinski definition) is 7. The fourth-order valence-corrected chi connectivity index (χ4v) is 3.07. The highest BCUT2D eigenvalue weighted by atomic mass is 32.2. The molecule has 9 nitrogen and oxygen atoms in total. The lowest BCUT2D eigenvalue weighted by molar-refractivity contribution is -0.213. The maximum Gasteiger partial charge on any atom is 0.339 e. The van der Waals surface area contributed by atoms with Crippen molar-refractivity contribution in [3.63, 3.8) is 0 Å². The summed E-state index contributed by atoms with van der Waals surface area (Å²) in [6.07, 6.45) is 0. The summed E-state index contributed by atoms with van der Waals surface area (Å²) in [5.74, 6) is -0.921. The van der Waals surface area contributed by atoms with E-state index in [1.807, 2.05) is 0 Å². The molecule has 0 aliphatic carbocycles. The quantitative estimate of drug-likeness (QED) is 0.468. The molecule has 0 spiro atoms. The van der Waals surface area contributed by atoms with Crippen LogP contribution in [0.1, 0.15) is 21.7 Å². The minimum absolute atomic E-state index is 0.0669. The molecule has 0 bridgehead atoms. The molecule has 0 amide bonds. The van der Waals surface area contributed by atoms with Gasteiger partial charge < -0.3 is 15.2 Å².